The van der Waals surface area contributed by atoms with Crippen LogP contribution < -0.4 is 9.64 Å². The van der Waals surface area contributed by atoms with Crippen molar-refractivity contribution in [3.63, 3.8) is 0 Å². The molecule has 1 aliphatic rings. The van der Waals surface area contributed by atoms with Gasteiger partial charge in [0.05, 0.1) is 5.56 Å². The molecule has 0 bridgehead atoms. The van der Waals surface area contributed by atoms with Crippen molar-refractivity contribution in [3.8, 4) is 11.5 Å². The summed E-state index contributed by atoms with van der Waals surface area (Å²) < 4.78 is 71.1. The van der Waals surface area contributed by atoms with Crippen LogP contribution in [0.1, 0.15) is 24.0 Å². The standard InChI is InChI=1S/C18H16F5NO/c1-11-15(24-7-2-3-8-24)5-4-6-16(11)25-17-13(19)9-12(10-14(17)20)18(21,22)23/h4-6,9-10H,2-3,7-8H2,1H3. The quantitative estimate of drug-likeness (QED) is 0.655. The molecule has 0 spiro atoms. The molecule has 1 aliphatic heterocycles. The number of hydrogen-bond donors (Lipinski definition) is 0. The zero-order valence-electron chi connectivity index (χ0n) is 13.5. The first-order valence-electron chi connectivity index (χ1n) is 7.86. The molecule has 1 fully saturated rings. The molecular formula is C18H16F5NO. The van der Waals surface area contributed by atoms with E-state index in [4.69, 9.17) is 4.74 Å². The van der Waals surface area contributed by atoms with E-state index in [2.05, 4.69) is 4.90 Å². The predicted octanol–water partition coefficient (Wildman–Crippen LogP) is 5.68. The monoisotopic (exact) mass is 357 g/mol. The van der Waals surface area contributed by atoms with E-state index in [1.807, 2.05) is 6.07 Å². The molecule has 0 aliphatic carbocycles. The topological polar surface area (TPSA) is 12.5 Å². The highest BCUT2D eigenvalue weighted by atomic mass is 19.4. The van der Waals surface area contributed by atoms with E-state index in [1.54, 1.807) is 13.0 Å². The summed E-state index contributed by atoms with van der Waals surface area (Å²) in [6.45, 7) is 3.52. The van der Waals surface area contributed by atoms with E-state index < -0.39 is 29.1 Å². The molecule has 3 rings (SSSR count). The van der Waals surface area contributed by atoms with Crippen molar-refractivity contribution in [2.45, 2.75) is 25.9 Å². The lowest BCUT2D eigenvalue weighted by atomic mass is 10.1. The van der Waals surface area contributed by atoms with Crippen LogP contribution in [-0.4, -0.2) is 13.1 Å². The predicted molar refractivity (Wildman–Crippen MR) is 84.1 cm³/mol. The first-order chi connectivity index (χ1) is 11.8. The molecule has 2 aromatic carbocycles. The van der Waals surface area contributed by atoms with Gasteiger partial charge in [-0.15, -0.1) is 0 Å². The minimum absolute atomic E-state index is 0.210. The highest BCUT2D eigenvalue weighted by molar-refractivity contribution is 5.60. The van der Waals surface area contributed by atoms with Crippen LogP contribution in [0.4, 0.5) is 27.6 Å². The fourth-order valence-electron chi connectivity index (χ4n) is 2.95. The summed E-state index contributed by atoms with van der Waals surface area (Å²) in [5.74, 6) is -3.41. The van der Waals surface area contributed by atoms with Gasteiger partial charge in [-0.3, -0.25) is 0 Å². The van der Waals surface area contributed by atoms with E-state index in [0.29, 0.717) is 5.56 Å². The molecule has 0 aromatic heterocycles. The number of alkyl halides is 3. The van der Waals surface area contributed by atoms with Crippen LogP contribution in [-0.2, 0) is 6.18 Å². The highest BCUT2D eigenvalue weighted by Gasteiger charge is 2.33. The number of benzene rings is 2. The van der Waals surface area contributed by atoms with Gasteiger partial charge in [0.15, 0.2) is 17.4 Å². The lowest BCUT2D eigenvalue weighted by Crippen LogP contribution is -2.18. The van der Waals surface area contributed by atoms with Crippen LogP contribution in [0, 0.1) is 18.6 Å². The molecule has 0 N–H and O–H groups in total. The largest absolute Gasteiger partial charge is 0.451 e. The smallest absolute Gasteiger partial charge is 0.416 e. The Balaban J connectivity index is 1.94. The summed E-state index contributed by atoms with van der Waals surface area (Å²) in [7, 11) is 0. The third kappa shape index (κ3) is 3.55. The molecule has 134 valence electrons. The Kier molecular flexibility index (Phi) is 4.58. The van der Waals surface area contributed by atoms with E-state index in [-0.39, 0.29) is 17.9 Å². The van der Waals surface area contributed by atoms with Gasteiger partial charge in [-0.25, -0.2) is 8.78 Å². The van der Waals surface area contributed by atoms with Gasteiger partial charge in [-0.05, 0) is 44.0 Å². The second-order valence-electron chi connectivity index (χ2n) is 5.96. The van der Waals surface area contributed by atoms with Crippen molar-refractivity contribution in [3.05, 3.63) is 53.1 Å². The summed E-state index contributed by atoms with van der Waals surface area (Å²) in [4.78, 5) is 2.14. The minimum atomic E-state index is -4.83. The number of halogens is 5. The molecule has 0 saturated carbocycles. The van der Waals surface area contributed by atoms with Gasteiger partial charge in [0.25, 0.3) is 0 Å². The Morgan fingerprint density at radius 2 is 1.60 bits per heavy atom. The first-order valence-corrected chi connectivity index (χ1v) is 7.86. The molecular weight excluding hydrogens is 341 g/mol. The van der Waals surface area contributed by atoms with Crippen LogP contribution in [0.5, 0.6) is 11.5 Å². The third-order valence-corrected chi connectivity index (χ3v) is 4.24. The number of nitrogens with zero attached hydrogens (tertiary/aromatic N) is 1. The summed E-state index contributed by atoms with van der Waals surface area (Å²) >= 11 is 0. The number of anilines is 1. The Morgan fingerprint density at radius 3 is 2.16 bits per heavy atom. The number of rotatable bonds is 3. The Morgan fingerprint density at radius 1 is 1.00 bits per heavy atom. The van der Waals surface area contributed by atoms with Crippen molar-refractivity contribution in [1.82, 2.24) is 0 Å². The zero-order chi connectivity index (χ0) is 18.2. The molecule has 0 radical (unpaired) electrons. The number of ether oxygens (including phenoxy) is 1. The van der Waals surface area contributed by atoms with Crippen LogP contribution in [0.15, 0.2) is 30.3 Å². The molecule has 2 aromatic rings. The Bertz CT molecular complexity index is 759. The van der Waals surface area contributed by atoms with Crippen LogP contribution in [0.3, 0.4) is 0 Å². The van der Waals surface area contributed by atoms with Crippen molar-refractivity contribution in [2.24, 2.45) is 0 Å². The Hall–Kier alpha value is -2.31. The summed E-state index contributed by atoms with van der Waals surface area (Å²) in [5, 5.41) is 0. The SMILES string of the molecule is Cc1c(Oc2c(F)cc(C(F)(F)F)cc2F)cccc1N1CCCC1. The van der Waals surface area contributed by atoms with Gasteiger partial charge < -0.3 is 9.64 Å². The van der Waals surface area contributed by atoms with Gasteiger partial charge in [0.1, 0.15) is 5.75 Å². The molecule has 0 unspecified atom stereocenters. The van der Waals surface area contributed by atoms with E-state index in [9.17, 15) is 22.0 Å². The van der Waals surface area contributed by atoms with E-state index in [1.165, 1.54) is 6.07 Å². The van der Waals surface area contributed by atoms with E-state index >= 15 is 0 Å². The van der Waals surface area contributed by atoms with Crippen molar-refractivity contribution >= 4 is 5.69 Å². The molecule has 0 amide bonds. The second-order valence-corrected chi connectivity index (χ2v) is 5.96. The second kappa shape index (κ2) is 6.54. The highest BCUT2D eigenvalue weighted by Crippen LogP contribution is 2.38. The van der Waals surface area contributed by atoms with Gasteiger partial charge in [-0.2, -0.15) is 13.2 Å². The van der Waals surface area contributed by atoms with Gasteiger partial charge in [0.2, 0.25) is 0 Å². The summed E-state index contributed by atoms with van der Waals surface area (Å²) in [6.07, 6.45) is -2.70. The molecule has 7 heteroatoms. The molecule has 2 nitrogen and oxygen atoms in total. The van der Waals surface area contributed by atoms with Crippen LogP contribution in [0.2, 0.25) is 0 Å². The maximum atomic E-state index is 14.0. The van der Waals surface area contributed by atoms with Crippen LogP contribution >= 0.6 is 0 Å². The fourth-order valence-corrected chi connectivity index (χ4v) is 2.95. The maximum Gasteiger partial charge on any atom is 0.416 e. The first kappa shape index (κ1) is 17.5. The lowest BCUT2D eigenvalue weighted by Gasteiger charge is -2.22. The summed E-state index contributed by atoms with van der Waals surface area (Å²) in [5.41, 5.74) is 0.184. The Labute approximate surface area is 141 Å². The van der Waals surface area contributed by atoms with Crippen molar-refractivity contribution < 1.29 is 26.7 Å². The zero-order valence-corrected chi connectivity index (χ0v) is 13.5. The maximum absolute atomic E-state index is 14.0. The third-order valence-electron chi connectivity index (χ3n) is 4.24. The summed E-state index contributed by atoms with van der Waals surface area (Å²) in [6, 6.07) is 5.57. The van der Waals surface area contributed by atoms with Crippen molar-refractivity contribution in [2.75, 3.05) is 18.0 Å². The van der Waals surface area contributed by atoms with Gasteiger partial charge in [0, 0.05) is 24.3 Å². The van der Waals surface area contributed by atoms with Gasteiger partial charge in [-0.1, -0.05) is 6.07 Å². The lowest BCUT2D eigenvalue weighted by molar-refractivity contribution is -0.138. The molecule has 1 heterocycles. The van der Waals surface area contributed by atoms with Crippen molar-refractivity contribution in [1.29, 1.82) is 0 Å². The molecule has 0 atom stereocenters. The average molecular weight is 357 g/mol. The minimum Gasteiger partial charge on any atom is -0.451 e. The molecule has 1 saturated heterocycles. The normalized spacial score (nSPS) is 14.9. The van der Waals surface area contributed by atoms with Gasteiger partial charge >= 0.3 is 6.18 Å². The van der Waals surface area contributed by atoms with E-state index in [0.717, 1.165) is 31.6 Å². The average Bonchev–Trinajstić information content (AvgIpc) is 3.05. The van der Waals surface area contributed by atoms with Crippen LogP contribution in [0.25, 0.3) is 0 Å². The molecule has 25 heavy (non-hydrogen) atoms. The number of hydrogen-bond acceptors (Lipinski definition) is 2. The fraction of sp³-hybridized carbons (Fsp3) is 0.333.